The van der Waals surface area contributed by atoms with E-state index in [-0.39, 0.29) is 18.3 Å². The van der Waals surface area contributed by atoms with E-state index in [4.69, 9.17) is 11.6 Å². The van der Waals surface area contributed by atoms with Gasteiger partial charge in [0.05, 0.1) is 5.02 Å². The van der Waals surface area contributed by atoms with Crippen molar-refractivity contribution < 1.29 is 4.79 Å². The number of carbonyl (C=O) groups excluding carboxylic acids is 1. The Morgan fingerprint density at radius 1 is 1.61 bits per heavy atom. The molecule has 1 fully saturated rings. The summed E-state index contributed by atoms with van der Waals surface area (Å²) in [5, 5.41) is 9.02. The number of rotatable bonds is 4. The molecule has 1 aliphatic rings. The summed E-state index contributed by atoms with van der Waals surface area (Å²) in [5.74, 6) is 0.142. The highest BCUT2D eigenvalue weighted by molar-refractivity contribution is 7.10. The number of thiophene rings is 1. The highest BCUT2D eigenvalue weighted by atomic mass is 35.5. The molecule has 1 atom stereocenters. The number of halogens is 2. The predicted molar refractivity (Wildman–Crippen MR) is 78.9 cm³/mol. The van der Waals surface area contributed by atoms with Gasteiger partial charge in [-0.2, -0.15) is 0 Å². The van der Waals surface area contributed by atoms with Crippen LogP contribution >= 0.6 is 35.3 Å². The largest absolute Gasteiger partial charge is 0.352 e. The van der Waals surface area contributed by atoms with E-state index in [9.17, 15) is 4.79 Å². The summed E-state index contributed by atoms with van der Waals surface area (Å²) in [6.07, 6.45) is 3.56. The second kappa shape index (κ2) is 8.00. The molecule has 2 N–H and O–H groups in total. The predicted octanol–water partition coefficient (Wildman–Crippen LogP) is 2.62. The molecule has 0 aliphatic carbocycles. The summed E-state index contributed by atoms with van der Waals surface area (Å²) < 4.78 is 0. The lowest BCUT2D eigenvalue weighted by Crippen LogP contribution is -2.45. The van der Waals surface area contributed by atoms with Crippen molar-refractivity contribution in [2.45, 2.75) is 31.7 Å². The third-order valence-electron chi connectivity index (χ3n) is 2.88. The summed E-state index contributed by atoms with van der Waals surface area (Å²) >= 11 is 7.45. The molecular weight excluding hydrogens is 291 g/mol. The summed E-state index contributed by atoms with van der Waals surface area (Å²) in [4.78, 5) is 12.9. The highest BCUT2D eigenvalue weighted by Crippen LogP contribution is 2.20. The van der Waals surface area contributed by atoms with Gasteiger partial charge in [0.15, 0.2) is 0 Å². The summed E-state index contributed by atoms with van der Waals surface area (Å²) in [6.45, 7) is 1.97. The second-order valence-corrected chi connectivity index (χ2v) is 5.77. The normalized spacial score (nSPS) is 19.1. The smallest absolute Gasteiger partial charge is 0.220 e. The minimum Gasteiger partial charge on any atom is -0.352 e. The lowest BCUT2D eigenvalue weighted by Gasteiger charge is -2.23. The van der Waals surface area contributed by atoms with E-state index in [1.807, 2.05) is 11.4 Å². The highest BCUT2D eigenvalue weighted by Gasteiger charge is 2.15. The summed E-state index contributed by atoms with van der Waals surface area (Å²) in [7, 11) is 0. The first kappa shape index (κ1) is 15.8. The molecule has 1 unspecified atom stereocenters. The minimum atomic E-state index is 0. The zero-order chi connectivity index (χ0) is 12.1. The Balaban J connectivity index is 0.00000162. The molecule has 102 valence electrons. The van der Waals surface area contributed by atoms with Gasteiger partial charge in [0.25, 0.3) is 0 Å². The first-order valence-electron chi connectivity index (χ1n) is 5.97. The Kier molecular flexibility index (Phi) is 7.00. The van der Waals surface area contributed by atoms with E-state index in [1.165, 1.54) is 4.88 Å². The molecule has 6 heteroatoms. The van der Waals surface area contributed by atoms with E-state index in [0.717, 1.165) is 37.4 Å². The maximum absolute atomic E-state index is 11.7. The number of carbonyl (C=O) groups is 1. The van der Waals surface area contributed by atoms with Crippen LogP contribution in [0.1, 0.15) is 24.1 Å². The fourth-order valence-electron chi connectivity index (χ4n) is 2.00. The van der Waals surface area contributed by atoms with Gasteiger partial charge in [-0.05, 0) is 31.9 Å². The molecule has 0 aromatic carbocycles. The lowest BCUT2D eigenvalue weighted by atomic mass is 10.1. The average molecular weight is 309 g/mol. The van der Waals surface area contributed by atoms with Crippen molar-refractivity contribution in [2.24, 2.45) is 0 Å². The third kappa shape index (κ3) is 5.14. The number of piperidine rings is 1. The van der Waals surface area contributed by atoms with E-state index >= 15 is 0 Å². The van der Waals surface area contributed by atoms with E-state index in [0.29, 0.717) is 12.5 Å². The molecule has 0 bridgehead atoms. The van der Waals surface area contributed by atoms with Crippen molar-refractivity contribution in [2.75, 3.05) is 13.1 Å². The quantitative estimate of drug-likeness (QED) is 0.898. The maximum atomic E-state index is 11.7. The number of nitrogens with one attached hydrogen (secondary N) is 2. The molecule has 1 amide bonds. The van der Waals surface area contributed by atoms with Crippen molar-refractivity contribution in [3.05, 3.63) is 21.3 Å². The molecule has 18 heavy (non-hydrogen) atoms. The maximum Gasteiger partial charge on any atom is 0.220 e. The van der Waals surface area contributed by atoms with Gasteiger partial charge in [0.2, 0.25) is 5.91 Å². The average Bonchev–Trinajstić information content (AvgIpc) is 2.74. The molecule has 3 nitrogen and oxygen atoms in total. The van der Waals surface area contributed by atoms with Crippen LogP contribution in [-0.4, -0.2) is 25.0 Å². The fourth-order valence-corrected chi connectivity index (χ4v) is 3.07. The number of hydrogen-bond donors (Lipinski definition) is 2. The molecule has 1 aliphatic heterocycles. The van der Waals surface area contributed by atoms with Gasteiger partial charge in [-0.15, -0.1) is 23.7 Å². The molecule has 1 aromatic heterocycles. The molecular formula is C12H18Cl2N2OS. The monoisotopic (exact) mass is 308 g/mol. The summed E-state index contributed by atoms with van der Waals surface area (Å²) in [6, 6.07) is 2.24. The van der Waals surface area contributed by atoms with Gasteiger partial charge in [-0.1, -0.05) is 11.6 Å². The van der Waals surface area contributed by atoms with Crippen LogP contribution in [0.5, 0.6) is 0 Å². The molecule has 0 saturated carbocycles. The molecule has 1 aromatic rings. The molecule has 0 radical (unpaired) electrons. The molecule has 2 heterocycles. The fraction of sp³-hybridized carbons (Fsp3) is 0.583. The molecule has 1 saturated heterocycles. The van der Waals surface area contributed by atoms with Crippen LogP contribution in [0.4, 0.5) is 0 Å². The van der Waals surface area contributed by atoms with Crippen LogP contribution in [0.25, 0.3) is 0 Å². The van der Waals surface area contributed by atoms with E-state index in [2.05, 4.69) is 10.6 Å². The van der Waals surface area contributed by atoms with Gasteiger partial charge in [-0.3, -0.25) is 4.79 Å². The zero-order valence-electron chi connectivity index (χ0n) is 10.1. The van der Waals surface area contributed by atoms with Crippen LogP contribution in [-0.2, 0) is 11.2 Å². The standard InChI is InChI=1S/C12H17ClN2OS.ClH/c13-9-6-11(17-8-9)3-4-12(16)15-10-2-1-5-14-7-10;/h6,8,10,14H,1-5,7H2,(H,15,16);1H. The van der Waals surface area contributed by atoms with E-state index < -0.39 is 0 Å². The van der Waals surface area contributed by atoms with Crippen LogP contribution in [0, 0.1) is 0 Å². The molecule has 0 spiro atoms. The number of amides is 1. The minimum absolute atomic E-state index is 0. The molecule has 2 rings (SSSR count). The van der Waals surface area contributed by atoms with Gasteiger partial charge < -0.3 is 10.6 Å². The Labute approximate surface area is 123 Å². The van der Waals surface area contributed by atoms with Crippen molar-refractivity contribution in [3.8, 4) is 0 Å². The Bertz CT molecular complexity index is 378. The number of hydrogen-bond acceptors (Lipinski definition) is 3. The summed E-state index contributed by atoms with van der Waals surface area (Å²) in [5.41, 5.74) is 0. The van der Waals surface area contributed by atoms with Crippen molar-refractivity contribution >= 4 is 41.3 Å². The van der Waals surface area contributed by atoms with E-state index in [1.54, 1.807) is 11.3 Å². The first-order chi connectivity index (χ1) is 8.24. The van der Waals surface area contributed by atoms with Crippen LogP contribution < -0.4 is 10.6 Å². The van der Waals surface area contributed by atoms with Gasteiger partial charge in [0, 0.05) is 29.3 Å². The van der Waals surface area contributed by atoms with Gasteiger partial charge >= 0.3 is 0 Å². The van der Waals surface area contributed by atoms with Crippen molar-refractivity contribution in [3.63, 3.8) is 0 Å². The zero-order valence-corrected chi connectivity index (χ0v) is 12.5. The van der Waals surface area contributed by atoms with Crippen molar-refractivity contribution in [1.82, 2.24) is 10.6 Å². The van der Waals surface area contributed by atoms with Gasteiger partial charge in [0.1, 0.15) is 0 Å². The van der Waals surface area contributed by atoms with Crippen molar-refractivity contribution in [1.29, 1.82) is 0 Å². The van der Waals surface area contributed by atoms with Crippen LogP contribution in [0.2, 0.25) is 5.02 Å². The Morgan fingerprint density at radius 3 is 3.06 bits per heavy atom. The Hall–Kier alpha value is -0.290. The Morgan fingerprint density at radius 2 is 2.44 bits per heavy atom. The van der Waals surface area contributed by atoms with Crippen LogP contribution in [0.15, 0.2) is 11.4 Å². The van der Waals surface area contributed by atoms with Crippen LogP contribution in [0.3, 0.4) is 0 Å². The topological polar surface area (TPSA) is 41.1 Å². The lowest BCUT2D eigenvalue weighted by molar-refractivity contribution is -0.121. The second-order valence-electron chi connectivity index (χ2n) is 4.34. The first-order valence-corrected chi connectivity index (χ1v) is 7.23. The SMILES string of the molecule is Cl.O=C(CCc1cc(Cl)cs1)NC1CCCNC1. The number of aryl methyl sites for hydroxylation is 1. The third-order valence-corrected chi connectivity index (χ3v) is 4.23. The van der Waals surface area contributed by atoms with Gasteiger partial charge in [-0.25, -0.2) is 0 Å².